The smallest absolute Gasteiger partial charge is 0.407 e. The molecule has 0 radical (unpaired) electrons. The van der Waals surface area contributed by atoms with Crippen molar-refractivity contribution in [3.8, 4) is 5.75 Å². The second kappa shape index (κ2) is 7.31. The molecule has 1 atom stereocenters. The zero-order valence-electron chi connectivity index (χ0n) is 13.8. The fourth-order valence-electron chi connectivity index (χ4n) is 1.94. The van der Waals surface area contributed by atoms with E-state index in [4.69, 9.17) is 9.47 Å². The third-order valence-corrected chi connectivity index (χ3v) is 2.94. The van der Waals surface area contributed by atoms with Crippen LogP contribution in [0.5, 0.6) is 5.75 Å². The van der Waals surface area contributed by atoms with Gasteiger partial charge in [0, 0.05) is 6.54 Å². The SMILES string of the molecule is COc1cccc(C(CNC(=O)OC(C)(C)C)N(C)C)c1. The maximum Gasteiger partial charge on any atom is 0.407 e. The van der Waals surface area contributed by atoms with Gasteiger partial charge in [0.15, 0.2) is 0 Å². The molecule has 1 aromatic carbocycles. The molecule has 1 unspecified atom stereocenters. The van der Waals surface area contributed by atoms with Crippen molar-refractivity contribution in [2.45, 2.75) is 32.4 Å². The van der Waals surface area contributed by atoms with Crippen LogP contribution >= 0.6 is 0 Å². The number of hydrogen-bond donors (Lipinski definition) is 1. The number of nitrogens with one attached hydrogen (secondary N) is 1. The minimum Gasteiger partial charge on any atom is -0.497 e. The van der Waals surface area contributed by atoms with E-state index in [-0.39, 0.29) is 6.04 Å². The Hall–Kier alpha value is -1.75. The van der Waals surface area contributed by atoms with E-state index < -0.39 is 11.7 Å². The molecule has 0 saturated heterocycles. The molecule has 1 N–H and O–H groups in total. The number of amides is 1. The summed E-state index contributed by atoms with van der Waals surface area (Å²) < 4.78 is 10.5. The van der Waals surface area contributed by atoms with Gasteiger partial charge in [0.05, 0.1) is 13.2 Å². The Labute approximate surface area is 127 Å². The Balaban J connectivity index is 2.72. The van der Waals surface area contributed by atoms with Crippen molar-refractivity contribution in [2.24, 2.45) is 0 Å². The minimum atomic E-state index is -0.492. The summed E-state index contributed by atoms with van der Waals surface area (Å²) in [7, 11) is 5.59. The van der Waals surface area contributed by atoms with Crippen molar-refractivity contribution in [3.05, 3.63) is 29.8 Å². The molecule has 0 spiro atoms. The summed E-state index contributed by atoms with van der Waals surface area (Å²) >= 11 is 0. The molecule has 0 heterocycles. The molecular formula is C16H26N2O3. The first-order valence-electron chi connectivity index (χ1n) is 7.00. The normalized spacial score (nSPS) is 12.9. The van der Waals surface area contributed by atoms with Crippen LogP contribution in [0.1, 0.15) is 32.4 Å². The van der Waals surface area contributed by atoms with Gasteiger partial charge >= 0.3 is 6.09 Å². The molecule has 0 saturated carbocycles. The Kier molecular flexibility index (Phi) is 6.03. The quantitative estimate of drug-likeness (QED) is 0.907. The first kappa shape index (κ1) is 17.3. The summed E-state index contributed by atoms with van der Waals surface area (Å²) in [5, 5.41) is 2.81. The Morgan fingerprint density at radius 2 is 2.00 bits per heavy atom. The lowest BCUT2D eigenvalue weighted by molar-refractivity contribution is 0.0514. The van der Waals surface area contributed by atoms with Gasteiger partial charge in [0.1, 0.15) is 11.4 Å². The number of carbonyl (C=O) groups excluding carboxylic acids is 1. The standard InChI is InChI=1S/C16H26N2O3/c1-16(2,3)21-15(19)17-11-14(18(4)5)12-8-7-9-13(10-12)20-6/h7-10,14H,11H2,1-6H3,(H,17,19). The third-order valence-electron chi connectivity index (χ3n) is 2.94. The second-order valence-electron chi connectivity index (χ2n) is 6.14. The molecule has 0 fully saturated rings. The van der Waals surface area contributed by atoms with Crippen LogP contribution in [0.3, 0.4) is 0 Å². The molecule has 0 aromatic heterocycles. The molecular weight excluding hydrogens is 268 g/mol. The molecule has 1 rings (SSSR count). The number of benzene rings is 1. The second-order valence-corrected chi connectivity index (χ2v) is 6.14. The molecule has 5 heteroatoms. The maximum atomic E-state index is 11.8. The highest BCUT2D eigenvalue weighted by atomic mass is 16.6. The lowest BCUT2D eigenvalue weighted by Crippen LogP contribution is -2.38. The van der Waals surface area contributed by atoms with Gasteiger partial charge in [-0.15, -0.1) is 0 Å². The van der Waals surface area contributed by atoms with E-state index in [2.05, 4.69) is 5.32 Å². The number of methoxy groups -OCH3 is 1. The number of nitrogens with zero attached hydrogens (tertiary/aromatic N) is 1. The Bertz CT molecular complexity index is 467. The van der Waals surface area contributed by atoms with Crippen molar-refractivity contribution in [1.82, 2.24) is 10.2 Å². The molecule has 118 valence electrons. The van der Waals surface area contributed by atoms with Crippen molar-refractivity contribution >= 4 is 6.09 Å². The summed E-state index contributed by atoms with van der Waals surface area (Å²) in [5.41, 5.74) is 0.587. The first-order valence-corrected chi connectivity index (χ1v) is 7.00. The number of rotatable bonds is 5. The summed E-state index contributed by atoms with van der Waals surface area (Å²) in [4.78, 5) is 13.8. The third kappa shape index (κ3) is 6.04. The zero-order valence-corrected chi connectivity index (χ0v) is 13.8. The van der Waals surface area contributed by atoms with E-state index >= 15 is 0 Å². The fourth-order valence-corrected chi connectivity index (χ4v) is 1.94. The highest BCUT2D eigenvalue weighted by Crippen LogP contribution is 2.22. The van der Waals surface area contributed by atoms with Gasteiger partial charge in [-0.25, -0.2) is 4.79 Å². The van der Waals surface area contributed by atoms with Crippen LogP contribution in [-0.2, 0) is 4.74 Å². The predicted octanol–water partition coefficient (Wildman–Crippen LogP) is 2.82. The molecule has 21 heavy (non-hydrogen) atoms. The van der Waals surface area contributed by atoms with Crippen molar-refractivity contribution in [2.75, 3.05) is 27.7 Å². The largest absolute Gasteiger partial charge is 0.497 e. The lowest BCUT2D eigenvalue weighted by atomic mass is 10.1. The Morgan fingerprint density at radius 3 is 2.52 bits per heavy atom. The van der Waals surface area contributed by atoms with Crippen LogP contribution in [0.25, 0.3) is 0 Å². The van der Waals surface area contributed by atoms with E-state index in [9.17, 15) is 4.79 Å². The first-order chi connectivity index (χ1) is 9.73. The summed E-state index contributed by atoms with van der Waals surface area (Å²) in [6.07, 6.45) is -0.405. The van der Waals surface area contributed by atoms with Crippen LogP contribution in [0.2, 0.25) is 0 Å². The lowest BCUT2D eigenvalue weighted by Gasteiger charge is -2.26. The summed E-state index contributed by atoms with van der Waals surface area (Å²) in [6, 6.07) is 7.88. The van der Waals surface area contributed by atoms with Gasteiger partial charge in [0.2, 0.25) is 0 Å². The van der Waals surface area contributed by atoms with E-state index in [1.54, 1.807) is 7.11 Å². The number of alkyl carbamates (subject to hydrolysis) is 1. The molecule has 0 aliphatic carbocycles. The van der Waals surface area contributed by atoms with Crippen LogP contribution in [0.15, 0.2) is 24.3 Å². The highest BCUT2D eigenvalue weighted by molar-refractivity contribution is 5.67. The van der Waals surface area contributed by atoms with Crippen LogP contribution in [0, 0.1) is 0 Å². The molecule has 0 bridgehead atoms. The monoisotopic (exact) mass is 294 g/mol. The van der Waals surface area contributed by atoms with Gasteiger partial charge in [-0.3, -0.25) is 0 Å². The molecule has 0 aliphatic rings. The van der Waals surface area contributed by atoms with Gasteiger partial charge in [-0.05, 0) is 52.6 Å². The zero-order chi connectivity index (χ0) is 16.0. The average Bonchev–Trinajstić information content (AvgIpc) is 2.36. The topological polar surface area (TPSA) is 50.8 Å². The molecule has 0 aliphatic heterocycles. The van der Waals surface area contributed by atoms with Crippen LogP contribution in [-0.4, -0.2) is 44.3 Å². The fraction of sp³-hybridized carbons (Fsp3) is 0.562. The van der Waals surface area contributed by atoms with Gasteiger partial charge in [-0.2, -0.15) is 0 Å². The van der Waals surface area contributed by atoms with Crippen molar-refractivity contribution < 1.29 is 14.3 Å². The average molecular weight is 294 g/mol. The number of carbonyl (C=O) groups is 1. The molecule has 1 aromatic rings. The predicted molar refractivity (Wildman–Crippen MR) is 83.7 cm³/mol. The van der Waals surface area contributed by atoms with Gasteiger partial charge < -0.3 is 19.7 Å². The number of ether oxygens (including phenoxy) is 2. The van der Waals surface area contributed by atoms with Crippen LogP contribution in [0.4, 0.5) is 4.79 Å². The van der Waals surface area contributed by atoms with Gasteiger partial charge in [-0.1, -0.05) is 12.1 Å². The van der Waals surface area contributed by atoms with E-state index in [1.165, 1.54) is 0 Å². The van der Waals surface area contributed by atoms with Gasteiger partial charge in [0.25, 0.3) is 0 Å². The highest BCUT2D eigenvalue weighted by Gasteiger charge is 2.19. The summed E-state index contributed by atoms with van der Waals surface area (Å²) in [6.45, 7) is 6.00. The van der Waals surface area contributed by atoms with Crippen molar-refractivity contribution in [3.63, 3.8) is 0 Å². The van der Waals surface area contributed by atoms with E-state index in [1.807, 2.05) is 64.0 Å². The van der Waals surface area contributed by atoms with E-state index in [0.717, 1.165) is 11.3 Å². The summed E-state index contributed by atoms with van der Waals surface area (Å²) in [5.74, 6) is 0.802. The number of hydrogen-bond acceptors (Lipinski definition) is 4. The van der Waals surface area contributed by atoms with Crippen LogP contribution < -0.4 is 10.1 Å². The molecule has 1 amide bonds. The maximum absolute atomic E-state index is 11.8. The Morgan fingerprint density at radius 1 is 1.33 bits per heavy atom. The minimum absolute atomic E-state index is 0.0487. The van der Waals surface area contributed by atoms with E-state index in [0.29, 0.717) is 6.54 Å². The molecule has 5 nitrogen and oxygen atoms in total. The number of likely N-dealkylation sites (N-methyl/N-ethyl adjacent to an activating group) is 1. The van der Waals surface area contributed by atoms with Crippen molar-refractivity contribution in [1.29, 1.82) is 0 Å².